The highest BCUT2D eigenvalue weighted by molar-refractivity contribution is 6.37. The number of carbonyl (C=O) groups excluding carboxylic acids is 1. The molecule has 0 amide bonds. The Morgan fingerprint density at radius 3 is 2.63 bits per heavy atom. The number of ether oxygens (including phenoxy) is 1. The van der Waals surface area contributed by atoms with Gasteiger partial charge in [0.05, 0.1) is 11.6 Å². The summed E-state index contributed by atoms with van der Waals surface area (Å²) < 4.78 is 5.38. The summed E-state index contributed by atoms with van der Waals surface area (Å²) >= 11 is 11.9. The van der Waals surface area contributed by atoms with Gasteiger partial charge in [-0.3, -0.25) is 4.79 Å². The second-order valence-corrected chi connectivity index (χ2v) is 4.76. The monoisotopic (exact) mass is 294 g/mol. The smallest absolute Gasteiger partial charge is 0.194 e. The molecular formula is C15H12Cl2O2. The van der Waals surface area contributed by atoms with E-state index in [0.29, 0.717) is 33.5 Å². The molecule has 0 unspecified atom stereocenters. The largest absolute Gasteiger partial charge is 0.494 e. The van der Waals surface area contributed by atoms with Crippen molar-refractivity contribution in [2.45, 2.75) is 6.92 Å². The highest BCUT2D eigenvalue weighted by Gasteiger charge is 2.13. The van der Waals surface area contributed by atoms with E-state index in [1.807, 2.05) is 13.0 Å². The van der Waals surface area contributed by atoms with Gasteiger partial charge >= 0.3 is 0 Å². The number of rotatable bonds is 4. The summed E-state index contributed by atoms with van der Waals surface area (Å²) in [6.07, 6.45) is 0. The summed E-state index contributed by atoms with van der Waals surface area (Å²) in [6, 6.07) is 11.9. The Labute approximate surface area is 121 Å². The molecule has 0 saturated heterocycles. The van der Waals surface area contributed by atoms with Crippen LogP contribution in [0.1, 0.15) is 22.8 Å². The number of hydrogen-bond donors (Lipinski definition) is 0. The summed E-state index contributed by atoms with van der Waals surface area (Å²) in [4.78, 5) is 12.4. The maximum atomic E-state index is 12.4. The summed E-state index contributed by atoms with van der Waals surface area (Å²) in [7, 11) is 0. The first kappa shape index (κ1) is 13.9. The molecule has 98 valence electrons. The van der Waals surface area contributed by atoms with Gasteiger partial charge in [0.15, 0.2) is 5.78 Å². The van der Waals surface area contributed by atoms with Crippen molar-refractivity contribution in [2.24, 2.45) is 0 Å². The van der Waals surface area contributed by atoms with Crippen LogP contribution in [-0.2, 0) is 0 Å². The van der Waals surface area contributed by atoms with E-state index in [-0.39, 0.29) is 5.78 Å². The van der Waals surface area contributed by atoms with E-state index in [4.69, 9.17) is 27.9 Å². The van der Waals surface area contributed by atoms with Crippen molar-refractivity contribution in [2.75, 3.05) is 6.61 Å². The van der Waals surface area contributed by atoms with Crippen LogP contribution in [0.3, 0.4) is 0 Å². The van der Waals surface area contributed by atoms with Crippen molar-refractivity contribution >= 4 is 29.0 Å². The Morgan fingerprint density at radius 1 is 1.16 bits per heavy atom. The lowest BCUT2D eigenvalue weighted by Gasteiger charge is -2.07. The van der Waals surface area contributed by atoms with Crippen LogP contribution in [0, 0.1) is 0 Å². The normalized spacial score (nSPS) is 10.3. The van der Waals surface area contributed by atoms with Gasteiger partial charge in [0.25, 0.3) is 0 Å². The maximum absolute atomic E-state index is 12.4. The molecule has 4 heteroatoms. The molecule has 2 aromatic carbocycles. The Morgan fingerprint density at radius 2 is 1.95 bits per heavy atom. The molecule has 0 aliphatic rings. The van der Waals surface area contributed by atoms with Gasteiger partial charge in [0.2, 0.25) is 0 Å². The van der Waals surface area contributed by atoms with Gasteiger partial charge in [-0.05, 0) is 37.3 Å². The fraction of sp³-hybridized carbons (Fsp3) is 0.133. The third-order valence-corrected chi connectivity index (χ3v) is 3.13. The van der Waals surface area contributed by atoms with E-state index in [9.17, 15) is 4.79 Å². The predicted molar refractivity (Wildman–Crippen MR) is 77.5 cm³/mol. The first-order valence-corrected chi connectivity index (χ1v) is 6.60. The van der Waals surface area contributed by atoms with Crippen LogP contribution in [0.15, 0.2) is 42.5 Å². The van der Waals surface area contributed by atoms with E-state index in [2.05, 4.69) is 0 Å². The molecule has 0 bridgehead atoms. The fourth-order valence-corrected chi connectivity index (χ4v) is 2.22. The number of halogens is 2. The molecule has 19 heavy (non-hydrogen) atoms. The van der Waals surface area contributed by atoms with Crippen molar-refractivity contribution in [1.29, 1.82) is 0 Å². The number of carbonyl (C=O) groups is 1. The van der Waals surface area contributed by atoms with Gasteiger partial charge in [-0.1, -0.05) is 35.3 Å². The molecule has 0 heterocycles. The Kier molecular flexibility index (Phi) is 4.46. The SMILES string of the molecule is CCOc1cccc(C(=O)c2ccc(Cl)cc2Cl)c1. The van der Waals surface area contributed by atoms with Crippen LogP contribution in [-0.4, -0.2) is 12.4 Å². The Balaban J connectivity index is 2.35. The van der Waals surface area contributed by atoms with Gasteiger partial charge in [-0.15, -0.1) is 0 Å². The van der Waals surface area contributed by atoms with Gasteiger partial charge in [0.1, 0.15) is 5.75 Å². The Bertz CT molecular complexity index is 609. The zero-order chi connectivity index (χ0) is 13.8. The van der Waals surface area contributed by atoms with Gasteiger partial charge < -0.3 is 4.74 Å². The zero-order valence-corrected chi connectivity index (χ0v) is 11.8. The van der Waals surface area contributed by atoms with Crippen molar-refractivity contribution in [1.82, 2.24) is 0 Å². The van der Waals surface area contributed by atoms with E-state index in [0.717, 1.165) is 0 Å². The average Bonchev–Trinajstić information content (AvgIpc) is 2.39. The van der Waals surface area contributed by atoms with Crippen LogP contribution >= 0.6 is 23.2 Å². The molecule has 2 nitrogen and oxygen atoms in total. The van der Waals surface area contributed by atoms with Crippen molar-refractivity contribution in [3.63, 3.8) is 0 Å². The van der Waals surface area contributed by atoms with Crippen LogP contribution in [0.4, 0.5) is 0 Å². The van der Waals surface area contributed by atoms with Crippen LogP contribution < -0.4 is 4.74 Å². The van der Waals surface area contributed by atoms with Gasteiger partial charge in [0, 0.05) is 16.1 Å². The van der Waals surface area contributed by atoms with E-state index < -0.39 is 0 Å². The lowest BCUT2D eigenvalue weighted by Crippen LogP contribution is -2.03. The van der Waals surface area contributed by atoms with E-state index >= 15 is 0 Å². The van der Waals surface area contributed by atoms with Gasteiger partial charge in [-0.2, -0.15) is 0 Å². The molecular weight excluding hydrogens is 283 g/mol. The molecule has 0 radical (unpaired) electrons. The quantitative estimate of drug-likeness (QED) is 0.769. The summed E-state index contributed by atoms with van der Waals surface area (Å²) in [6.45, 7) is 2.45. The minimum atomic E-state index is -0.150. The van der Waals surface area contributed by atoms with Crippen molar-refractivity contribution < 1.29 is 9.53 Å². The van der Waals surface area contributed by atoms with Crippen LogP contribution in [0.2, 0.25) is 10.0 Å². The number of hydrogen-bond acceptors (Lipinski definition) is 2. The van der Waals surface area contributed by atoms with Crippen LogP contribution in [0.25, 0.3) is 0 Å². The first-order valence-electron chi connectivity index (χ1n) is 5.84. The van der Waals surface area contributed by atoms with Crippen LogP contribution in [0.5, 0.6) is 5.75 Å². The third-order valence-electron chi connectivity index (χ3n) is 2.58. The highest BCUT2D eigenvalue weighted by atomic mass is 35.5. The number of benzene rings is 2. The molecule has 2 aromatic rings. The summed E-state index contributed by atoms with van der Waals surface area (Å²) in [5.74, 6) is 0.515. The number of ketones is 1. The lowest BCUT2D eigenvalue weighted by atomic mass is 10.0. The maximum Gasteiger partial charge on any atom is 0.194 e. The van der Waals surface area contributed by atoms with Crippen molar-refractivity contribution in [3.05, 3.63) is 63.6 Å². The minimum Gasteiger partial charge on any atom is -0.494 e. The average molecular weight is 295 g/mol. The minimum absolute atomic E-state index is 0.150. The molecule has 0 spiro atoms. The second-order valence-electron chi connectivity index (χ2n) is 3.91. The zero-order valence-electron chi connectivity index (χ0n) is 10.3. The van der Waals surface area contributed by atoms with E-state index in [1.54, 1.807) is 36.4 Å². The molecule has 0 aliphatic heterocycles. The highest BCUT2D eigenvalue weighted by Crippen LogP contribution is 2.24. The van der Waals surface area contributed by atoms with Crippen molar-refractivity contribution in [3.8, 4) is 5.75 Å². The molecule has 0 N–H and O–H groups in total. The fourth-order valence-electron chi connectivity index (χ4n) is 1.72. The summed E-state index contributed by atoms with van der Waals surface area (Å²) in [5, 5.41) is 0.851. The molecule has 0 atom stereocenters. The lowest BCUT2D eigenvalue weighted by molar-refractivity contribution is 0.103. The van der Waals surface area contributed by atoms with Gasteiger partial charge in [-0.25, -0.2) is 0 Å². The standard InChI is InChI=1S/C15H12Cl2O2/c1-2-19-12-5-3-4-10(8-12)15(18)13-7-6-11(16)9-14(13)17/h3-9H,2H2,1H3. The Hall–Kier alpha value is -1.51. The first-order chi connectivity index (χ1) is 9.11. The molecule has 0 saturated carbocycles. The molecule has 0 fully saturated rings. The molecule has 0 aliphatic carbocycles. The second kappa shape index (κ2) is 6.09. The third kappa shape index (κ3) is 3.28. The summed E-state index contributed by atoms with van der Waals surface area (Å²) in [5.41, 5.74) is 0.967. The molecule has 0 aromatic heterocycles. The van der Waals surface area contributed by atoms with E-state index in [1.165, 1.54) is 0 Å². The molecule has 2 rings (SSSR count). The predicted octanol–water partition coefficient (Wildman–Crippen LogP) is 4.62. The topological polar surface area (TPSA) is 26.3 Å².